The van der Waals surface area contributed by atoms with Crippen LogP contribution in [0.15, 0.2) is 21.9 Å². The molecule has 20 heavy (non-hydrogen) atoms. The van der Waals surface area contributed by atoms with E-state index in [9.17, 15) is 5.26 Å². The van der Waals surface area contributed by atoms with Crippen LogP contribution in [0.2, 0.25) is 0 Å². The molecule has 1 unspecified atom stereocenters. The second kappa shape index (κ2) is 5.75. The van der Waals surface area contributed by atoms with Gasteiger partial charge in [0.05, 0.1) is 16.6 Å². The molecule has 2 aromatic heterocycles. The van der Waals surface area contributed by atoms with Gasteiger partial charge in [-0.25, -0.2) is 4.98 Å². The van der Waals surface area contributed by atoms with Crippen LogP contribution in [0.25, 0.3) is 10.8 Å². The summed E-state index contributed by atoms with van der Waals surface area (Å²) in [7, 11) is 0. The topological polar surface area (TPSA) is 65.1 Å². The molecular formula is C14H16N4OS. The van der Waals surface area contributed by atoms with Gasteiger partial charge in [0, 0.05) is 26.2 Å². The highest BCUT2D eigenvalue weighted by Crippen LogP contribution is 2.26. The number of rotatable bonds is 3. The van der Waals surface area contributed by atoms with Crippen molar-refractivity contribution in [2.24, 2.45) is 0 Å². The molecule has 0 aliphatic carbocycles. The first-order valence-corrected chi connectivity index (χ1v) is 7.50. The number of hydrogen-bond donors (Lipinski definition) is 1. The van der Waals surface area contributed by atoms with Gasteiger partial charge < -0.3 is 9.73 Å². The van der Waals surface area contributed by atoms with Crippen LogP contribution in [0.4, 0.5) is 0 Å². The Hall–Kier alpha value is -1.68. The highest BCUT2D eigenvalue weighted by atomic mass is 32.1. The molecule has 1 aliphatic heterocycles. The van der Waals surface area contributed by atoms with Crippen LogP contribution in [-0.4, -0.2) is 35.6 Å². The molecule has 5 nitrogen and oxygen atoms in total. The van der Waals surface area contributed by atoms with E-state index in [1.165, 1.54) is 0 Å². The number of piperazine rings is 1. The van der Waals surface area contributed by atoms with E-state index in [2.05, 4.69) is 21.3 Å². The van der Waals surface area contributed by atoms with Gasteiger partial charge in [-0.2, -0.15) is 5.26 Å². The van der Waals surface area contributed by atoms with Crippen LogP contribution in [0.3, 0.4) is 0 Å². The maximum atomic E-state index is 9.19. The fourth-order valence-electron chi connectivity index (χ4n) is 2.34. The van der Waals surface area contributed by atoms with E-state index in [4.69, 9.17) is 4.42 Å². The summed E-state index contributed by atoms with van der Waals surface area (Å²) in [6.45, 7) is 5.08. The second-order valence-corrected chi connectivity index (χ2v) is 5.77. The van der Waals surface area contributed by atoms with E-state index in [1.807, 2.05) is 24.4 Å². The first-order chi connectivity index (χ1) is 9.78. The number of nitrogens with one attached hydrogen (secondary N) is 1. The van der Waals surface area contributed by atoms with Gasteiger partial charge in [-0.3, -0.25) is 4.90 Å². The lowest BCUT2D eigenvalue weighted by Crippen LogP contribution is -2.50. The lowest BCUT2D eigenvalue weighted by Gasteiger charge is -2.31. The van der Waals surface area contributed by atoms with Crippen LogP contribution in [0.1, 0.15) is 11.5 Å². The molecule has 2 aromatic rings. The highest BCUT2D eigenvalue weighted by molar-refractivity contribution is 7.13. The SMILES string of the molecule is Cc1oc(-c2cccs2)nc1CN1CCNCC1C#N. The number of oxazole rings is 1. The summed E-state index contributed by atoms with van der Waals surface area (Å²) in [5.74, 6) is 1.51. The van der Waals surface area contributed by atoms with Crippen LogP contribution in [-0.2, 0) is 6.54 Å². The third kappa shape index (κ3) is 2.61. The predicted octanol–water partition coefficient (Wildman–Crippen LogP) is 2.01. The van der Waals surface area contributed by atoms with Crippen molar-refractivity contribution in [1.29, 1.82) is 5.26 Å². The molecule has 0 amide bonds. The molecule has 1 fully saturated rings. The zero-order chi connectivity index (χ0) is 13.9. The fraction of sp³-hybridized carbons (Fsp3) is 0.429. The summed E-state index contributed by atoms with van der Waals surface area (Å²) in [6.07, 6.45) is 0. The minimum Gasteiger partial charge on any atom is -0.440 e. The zero-order valence-electron chi connectivity index (χ0n) is 11.3. The van der Waals surface area contributed by atoms with Gasteiger partial charge in [-0.05, 0) is 18.4 Å². The van der Waals surface area contributed by atoms with Gasteiger partial charge >= 0.3 is 0 Å². The second-order valence-electron chi connectivity index (χ2n) is 4.82. The molecule has 1 atom stereocenters. The third-order valence-corrected chi connectivity index (χ3v) is 4.34. The Morgan fingerprint density at radius 3 is 3.30 bits per heavy atom. The lowest BCUT2D eigenvalue weighted by molar-refractivity contribution is 0.186. The number of aromatic nitrogens is 1. The molecule has 3 rings (SSSR count). The molecule has 1 saturated heterocycles. The maximum Gasteiger partial charge on any atom is 0.236 e. The summed E-state index contributed by atoms with van der Waals surface area (Å²) in [5.41, 5.74) is 0.926. The number of aryl methyl sites for hydroxylation is 1. The molecular weight excluding hydrogens is 272 g/mol. The Morgan fingerprint density at radius 1 is 1.65 bits per heavy atom. The summed E-state index contributed by atoms with van der Waals surface area (Å²) < 4.78 is 5.74. The van der Waals surface area contributed by atoms with E-state index in [-0.39, 0.29) is 6.04 Å². The first-order valence-electron chi connectivity index (χ1n) is 6.62. The molecule has 3 heterocycles. The summed E-state index contributed by atoms with van der Waals surface area (Å²) >= 11 is 1.62. The quantitative estimate of drug-likeness (QED) is 0.936. The van der Waals surface area contributed by atoms with Crippen LogP contribution < -0.4 is 5.32 Å². The van der Waals surface area contributed by atoms with E-state index in [0.717, 1.165) is 29.4 Å². The molecule has 0 spiro atoms. The lowest BCUT2D eigenvalue weighted by atomic mass is 10.2. The first kappa shape index (κ1) is 13.3. The monoisotopic (exact) mass is 288 g/mol. The van der Waals surface area contributed by atoms with Crippen molar-refractivity contribution in [3.8, 4) is 16.8 Å². The van der Waals surface area contributed by atoms with E-state index in [0.29, 0.717) is 19.0 Å². The molecule has 104 valence electrons. The van der Waals surface area contributed by atoms with Gasteiger partial charge in [0.1, 0.15) is 11.8 Å². The Bertz CT molecular complexity index is 614. The van der Waals surface area contributed by atoms with Gasteiger partial charge in [0.25, 0.3) is 0 Å². The molecule has 1 N–H and O–H groups in total. The van der Waals surface area contributed by atoms with Gasteiger partial charge in [-0.1, -0.05) is 6.07 Å². The molecule has 1 aliphatic rings. The molecule has 0 radical (unpaired) electrons. The molecule has 6 heteroatoms. The predicted molar refractivity (Wildman–Crippen MR) is 77.2 cm³/mol. The highest BCUT2D eigenvalue weighted by Gasteiger charge is 2.24. The van der Waals surface area contributed by atoms with E-state index >= 15 is 0 Å². The maximum absolute atomic E-state index is 9.19. The Balaban J connectivity index is 1.79. The average Bonchev–Trinajstić information content (AvgIpc) is 3.10. The number of nitrogens with zero attached hydrogens (tertiary/aromatic N) is 3. The van der Waals surface area contributed by atoms with Crippen molar-refractivity contribution >= 4 is 11.3 Å². The standard InChI is InChI=1S/C14H16N4OS/c1-10-12(9-18-5-4-16-8-11(18)7-15)17-14(19-10)13-3-2-6-20-13/h2-3,6,11,16H,4-5,8-9H2,1H3. The normalized spacial score (nSPS) is 19.9. The Labute approximate surface area is 121 Å². The Morgan fingerprint density at radius 2 is 2.55 bits per heavy atom. The molecule has 0 saturated carbocycles. The van der Waals surface area contributed by atoms with Gasteiger partial charge in [-0.15, -0.1) is 11.3 Å². The largest absolute Gasteiger partial charge is 0.440 e. The minimum absolute atomic E-state index is 0.0926. The van der Waals surface area contributed by atoms with Crippen molar-refractivity contribution < 1.29 is 4.42 Å². The van der Waals surface area contributed by atoms with Crippen LogP contribution in [0.5, 0.6) is 0 Å². The van der Waals surface area contributed by atoms with Crippen LogP contribution in [0, 0.1) is 18.3 Å². The van der Waals surface area contributed by atoms with Crippen molar-refractivity contribution in [3.05, 3.63) is 29.0 Å². The number of nitriles is 1. The van der Waals surface area contributed by atoms with Gasteiger partial charge in [0.2, 0.25) is 5.89 Å². The fourth-order valence-corrected chi connectivity index (χ4v) is 2.98. The zero-order valence-corrected chi connectivity index (χ0v) is 12.1. The third-order valence-electron chi connectivity index (χ3n) is 3.48. The smallest absolute Gasteiger partial charge is 0.236 e. The molecule has 0 aromatic carbocycles. The number of hydrogen-bond acceptors (Lipinski definition) is 6. The molecule has 0 bridgehead atoms. The number of thiophene rings is 1. The van der Waals surface area contributed by atoms with E-state index < -0.39 is 0 Å². The van der Waals surface area contributed by atoms with Crippen molar-refractivity contribution in [2.45, 2.75) is 19.5 Å². The van der Waals surface area contributed by atoms with Crippen molar-refractivity contribution in [3.63, 3.8) is 0 Å². The summed E-state index contributed by atoms with van der Waals surface area (Å²) in [4.78, 5) is 7.78. The van der Waals surface area contributed by atoms with Crippen molar-refractivity contribution in [2.75, 3.05) is 19.6 Å². The summed E-state index contributed by atoms with van der Waals surface area (Å²) in [5, 5.41) is 14.4. The van der Waals surface area contributed by atoms with Crippen molar-refractivity contribution in [1.82, 2.24) is 15.2 Å². The van der Waals surface area contributed by atoms with E-state index in [1.54, 1.807) is 11.3 Å². The minimum atomic E-state index is -0.0926. The summed E-state index contributed by atoms with van der Waals surface area (Å²) in [6, 6.07) is 6.23. The van der Waals surface area contributed by atoms with Crippen LogP contribution >= 0.6 is 11.3 Å². The van der Waals surface area contributed by atoms with Gasteiger partial charge in [0.15, 0.2) is 0 Å². The Kier molecular flexibility index (Phi) is 3.83. The average molecular weight is 288 g/mol.